The molecule has 3 heterocycles. The van der Waals surface area contributed by atoms with Crippen molar-refractivity contribution in [2.45, 2.75) is 75.9 Å². The Morgan fingerprint density at radius 3 is 2.76 bits per heavy atom. The van der Waals surface area contributed by atoms with Gasteiger partial charge >= 0.3 is 5.97 Å². The lowest BCUT2D eigenvalue weighted by Crippen LogP contribution is -2.46. The van der Waals surface area contributed by atoms with Crippen molar-refractivity contribution in [2.24, 2.45) is 0 Å². The maximum Gasteiger partial charge on any atom is 0.338 e. The van der Waals surface area contributed by atoms with Crippen molar-refractivity contribution in [3.8, 4) is 0 Å². The van der Waals surface area contributed by atoms with Gasteiger partial charge in [-0.25, -0.2) is 4.79 Å². The number of fused-ring (bicyclic) bond motifs is 1. The first-order chi connectivity index (χ1) is 13.9. The molecule has 0 radical (unpaired) electrons. The molecule has 8 heteroatoms. The third kappa shape index (κ3) is 4.79. The maximum absolute atomic E-state index is 12.6. The fraction of sp³-hybridized carbons (Fsp3) is 0.667. The Morgan fingerprint density at radius 1 is 1.24 bits per heavy atom. The highest BCUT2D eigenvalue weighted by Gasteiger charge is 2.58. The number of esters is 1. The Morgan fingerprint density at radius 2 is 2.03 bits per heavy atom. The quantitative estimate of drug-likeness (QED) is 0.715. The average Bonchev–Trinajstić information content (AvgIpc) is 3.20. The second kappa shape index (κ2) is 8.67. The van der Waals surface area contributed by atoms with E-state index in [1.165, 1.54) is 0 Å². The van der Waals surface area contributed by atoms with Crippen molar-refractivity contribution in [3.05, 3.63) is 35.9 Å². The minimum atomic E-state index is -1.03. The zero-order valence-electron chi connectivity index (χ0n) is 16.7. The van der Waals surface area contributed by atoms with Gasteiger partial charge in [0, 0.05) is 6.61 Å². The number of hydrogen-bond donors (Lipinski definition) is 1. The summed E-state index contributed by atoms with van der Waals surface area (Å²) in [6, 6.07) is 8.67. The molecule has 0 aromatic heterocycles. The summed E-state index contributed by atoms with van der Waals surface area (Å²) in [5.74, 6) is -1.38. The molecule has 0 aliphatic carbocycles. The van der Waals surface area contributed by atoms with Crippen LogP contribution in [-0.4, -0.2) is 67.1 Å². The molecular formula is C21H28O8. The van der Waals surface area contributed by atoms with Crippen LogP contribution in [0.25, 0.3) is 0 Å². The number of rotatable bonds is 6. The van der Waals surface area contributed by atoms with Gasteiger partial charge in [-0.2, -0.15) is 0 Å². The van der Waals surface area contributed by atoms with E-state index in [-0.39, 0.29) is 12.9 Å². The summed E-state index contributed by atoms with van der Waals surface area (Å²) in [6.07, 6.45) is -1.58. The molecule has 1 aromatic carbocycles. The first kappa shape index (κ1) is 20.7. The molecule has 0 amide bonds. The zero-order valence-corrected chi connectivity index (χ0v) is 16.7. The fourth-order valence-corrected chi connectivity index (χ4v) is 3.86. The number of hydrogen-bond acceptors (Lipinski definition) is 8. The van der Waals surface area contributed by atoms with E-state index in [9.17, 15) is 9.90 Å². The van der Waals surface area contributed by atoms with Gasteiger partial charge in [-0.05, 0) is 45.2 Å². The van der Waals surface area contributed by atoms with Gasteiger partial charge in [-0.3, -0.25) is 0 Å². The second-order valence-electron chi connectivity index (χ2n) is 8.00. The zero-order chi connectivity index (χ0) is 20.4. The van der Waals surface area contributed by atoms with Gasteiger partial charge in [-0.1, -0.05) is 18.2 Å². The van der Waals surface area contributed by atoms with Crippen molar-refractivity contribution in [3.63, 3.8) is 0 Å². The monoisotopic (exact) mass is 408 g/mol. The van der Waals surface area contributed by atoms with Crippen LogP contribution in [0.2, 0.25) is 0 Å². The molecule has 0 spiro atoms. The van der Waals surface area contributed by atoms with E-state index in [0.717, 1.165) is 19.3 Å². The number of aliphatic hydroxyl groups excluding tert-OH is 1. The SMILES string of the molecule is CC1(C)O[C@H]2O[C@H]([C@@H](O)COC3CCCCO3)[C@H](OC(=O)c3ccccc3)[C@H]2O1. The van der Waals surface area contributed by atoms with E-state index in [1.54, 1.807) is 38.1 Å². The number of ether oxygens (including phenoxy) is 6. The van der Waals surface area contributed by atoms with Gasteiger partial charge in [0.15, 0.2) is 30.6 Å². The molecule has 29 heavy (non-hydrogen) atoms. The predicted octanol–water partition coefficient (Wildman–Crippen LogP) is 1.99. The van der Waals surface area contributed by atoms with E-state index < -0.39 is 42.5 Å². The molecule has 3 aliphatic rings. The highest BCUT2D eigenvalue weighted by Crippen LogP contribution is 2.40. The summed E-state index contributed by atoms with van der Waals surface area (Å²) in [4.78, 5) is 12.6. The Balaban J connectivity index is 1.43. The van der Waals surface area contributed by atoms with E-state index in [1.807, 2.05) is 6.07 Å². The molecule has 8 nitrogen and oxygen atoms in total. The summed E-state index contributed by atoms with van der Waals surface area (Å²) >= 11 is 0. The smallest absolute Gasteiger partial charge is 0.338 e. The van der Waals surface area contributed by atoms with Crippen molar-refractivity contribution in [1.82, 2.24) is 0 Å². The summed E-state index contributed by atoms with van der Waals surface area (Å²) in [5, 5.41) is 10.7. The molecule has 4 rings (SSSR count). The minimum Gasteiger partial charge on any atom is -0.453 e. The average molecular weight is 408 g/mol. The Bertz CT molecular complexity index is 687. The molecule has 3 saturated heterocycles. The predicted molar refractivity (Wildman–Crippen MR) is 99.9 cm³/mol. The van der Waals surface area contributed by atoms with Crippen LogP contribution in [0.5, 0.6) is 0 Å². The molecule has 3 fully saturated rings. The Hall–Kier alpha value is -1.55. The van der Waals surface area contributed by atoms with Crippen LogP contribution in [0, 0.1) is 0 Å². The third-order valence-electron chi connectivity index (χ3n) is 5.25. The van der Waals surface area contributed by atoms with Crippen molar-refractivity contribution >= 4 is 5.97 Å². The molecule has 3 aliphatic heterocycles. The number of carbonyl (C=O) groups excluding carboxylic acids is 1. The lowest BCUT2D eigenvalue weighted by atomic mass is 10.1. The summed E-state index contributed by atoms with van der Waals surface area (Å²) in [7, 11) is 0. The van der Waals surface area contributed by atoms with Crippen LogP contribution in [0.15, 0.2) is 30.3 Å². The first-order valence-corrected chi connectivity index (χ1v) is 10.1. The highest BCUT2D eigenvalue weighted by molar-refractivity contribution is 5.89. The standard InChI is InChI=1S/C21H28O8/c1-21(2)28-18-17(26-19(23)13-8-4-3-5-9-13)16(27-20(18)29-21)14(22)12-25-15-10-6-7-11-24-15/h3-5,8-9,14-18,20,22H,6-7,10-12H2,1-2H3/t14-,15?,16+,17-,18+,20+/m0/s1. The molecular weight excluding hydrogens is 380 g/mol. The number of carbonyl (C=O) groups is 1. The lowest BCUT2D eigenvalue weighted by molar-refractivity contribution is -0.235. The van der Waals surface area contributed by atoms with Gasteiger partial charge in [0.1, 0.15) is 12.2 Å². The normalized spacial score (nSPS) is 34.5. The molecule has 1 aromatic rings. The summed E-state index contributed by atoms with van der Waals surface area (Å²) in [6.45, 7) is 4.18. The molecule has 0 saturated carbocycles. The van der Waals surface area contributed by atoms with Gasteiger partial charge in [0.25, 0.3) is 0 Å². The highest BCUT2D eigenvalue weighted by atomic mass is 16.8. The third-order valence-corrected chi connectivity index (χ3v) is 5.25. The number of benzene rings is 1. The lowest BCUT2D eigenvalue weighted by Gasteiger charge is -2.29. The van der Waals surface area contributed by atoms with E-state index in [2.05, 4.69) is 0 Å². The molecule has 160 valence electrons. The van der Waals surface area contributed by atoms with E-state index in [0.29, 0.717) is 12.2 Å². The number of aliphatic hydroxyl groups is 1. The minimum absolute atomic E-state index is 0.00243. The van der Waals surface area contributed by atoms with Gasteiger partial charge in [-0.15, -0.1) is 0 Å². The van der Waals surface area contributed by atoms with E-state index >= 15 is 0 Å². The maximum atomic E-state index is 12.6. The van der Waals surface area contributed by atoms with Crippen LogP contribution in [-0.2, 0) is 28.4 Å². The largest absolute Gasteiger partial charge is 0.453 e. The van der Waals surface area contributed by atoms with Crippen molar-refractivity contribution in [1.29, 1.82) is 0 Å². The van der Waals surface area contributed by atoms with Gasteiger partial charge in [0.2, 0.25) is 0 Å². The molecule has 6 atom stereocenters. The van der Waals surface area contributed by atoms with Crippen molar-refractivity contribution in [2.75, 3.05) is 13.2 Å². The molecule has 0 bridgehead atoms. The Labute approximate surface area is 170 Å². The van der Waals surface area contributed by atoms with Gasteiger partial charge < -0.3 is 33.5 Å². The van der Waals surface area contributed by atoms with Crippen LogP contribution in [0.4, 0.5) is 0 Å². The molecule has 1 N–H and O–H groups in total. The van der Waals surface area contributed by atoms with Crippen LogP contribution in [0.1, 0.15) is 43.5 Å². The first-order valence-electron chi connectivity index (χ1n) is 10.1. The fourth-order valence-electron chi connectivity index (χ4n) is 3.86. The Kier molecular flexibility index (Phi) is 6.19. The second-order valence-corrected chi connectivity index (χ2v) is 8.00. The van der Waals surface area contributed by atoms with Crippen LogP contribution >= 0.6 is 0 Å². The molecule has 1 unspecified atom stereocenters. The van der Waals surface area contributed by atoms with E-state index in [4.69, 9.17) is 28.4 Å². The van der Waals surface area contributed by atoms with Gasteiger partial charge in [0.05, 0.1) is 12.2 Å². The van der Waals surface area contributed by atoms with Crippen LogP contribution in [0.3, 0.4) is 0 Å². The summed E-state index contributed by atoms with van der Waals surface area (Å²) in [5.41, 5.74) is 0.411. The van der Waals surface area contributed by atoms with Crippen molar-refractivity contribution < 1.29 is 38.3 Å². The summed E-state index contributed by atoms with van der Waals surface area (Å²) < 4.78 is 34.5. The topological polar surface area (TPSA) is 92.7 Å². The van der Waals surface area contributed by atoms with Crippen LogP contribution < -0.4 is 0 Å².